The summed E-state index contributed by atoms with van der Waals surface area (Å²) in [6, 6.07) is 6.12. The fourth-order valence-corrected chi connectivity index (χ4v) is 3.59. The molecule has 118 valence electrons. The van der Waals surface area contributed by atoms with Gasteiger partial charge in [-0.25, -0.2) is 8.42 Å². The van der Waals surface area contributed by atoms with Gasteiger partial charge in [0.15, 0.2) is 0 Å². The molecular formula is C15H25N3O2S. The summed E-state index contributed by atoms with van der Waals surface area (Å²) >= 11 is 0. The number of aryl methyl sites for hydroxylation is 1. The zero-order chi connectivity index (χ0) is 15.5. The second-order valence-corrected chi connectivity index (χ2v) is 7.68. The first-order valence-corrected chi connectivity index (χ1v) is 9.33. The molecule has 0 bridgehead atoms. The molecule has 1 fully saturated rings. The average Bonchev–Trinajstić information content (AvgIpc) is 2.41. The summed E-state index contributed by atoms with van der Waals surface area (Å²) in [5, 5.41) is 3.56. The summed E-state index contributed by atoms with van der Waals surface area (Å²) in [5.74, 6) is 0.521. The summed E-state index contributed by atoms with van der Waals surface area (Å²) in [4.78, 5) is 0. The van der Waals surface area contributed by atoms with E-state index < -0.39 is 10.0 Å². The number of hydrogen-bond acceptors (Lipinski definition) is 4. The van der Waals surface area contributed by atoms with Crippen molar-refractivity contribution in [1.29, 1.82) is 0 Å². The normalized spacial score (nSPS) is 22.8. The first-order valence-electron chi connectivity index (χ1n) is 7.44. The first-order chi connectivity index (χ1) is 9.89. The molecule has 1 aromatic rings. The van der Waals surface area contributed by atoms with Crippen molar-refractivity contribution in [3.8, 4) is 0 Å². The lowest BCUT2D eigenvalue weighted by atomic mass is 9.84. The highest BCUT2D eigenvalue weighted by molar-refractivity contribution is 7.92. The first kappa shape index (κ1) is 16.1. The van der Waals surface area contributed by atoms with Gasteiger partial charge in [0.05, 0.1) is 11.9 Å². The van der Waals surface area contributed by atoms with Crippen molar-refractivity contribution in [3.05, 3.63) is 23.8 Å². The minimum atomic E-state index is -3.24. The summed E-state index contributed by atoms with van der Waals surface area (Å²) < 4.78 is 25.1. The summed E-state index contributed by atoms with van der Waals surface area (Å²) in [7, 11) is -3.24. The Morgan fingerprint density at radius 1 is 1.29 bits per heavy atom. The summed E-state index contributed by atoms with van der Waals surface area (Å²) in [6.45, 7) is 2.62. The van der Waals surface area contributed by atoms with Crippen LogP contribution in [0.5, 0.6) is 0 Å². The Morgan fingerprint density at radius 2 is 2.00 bits per heavy atom. The van der Waals surface area contributed by atoms with Crippen molar-refractivity contribution in [2.75, 3.05) is 22.8 Å². The minimum Gasteiger partial charge on any atom is -0.382 e. The Balaban J connectivity index is 2.09. The fourth-order valence-electron chi connectivity index (χ4n) is 2.96. The second kappa shape index (κ2) is 6.66. The van der Waals surface area contributed by atoms with Gasteiger partial charge >= 0.3 is 0 Å². The molecule has 21 heavy (non-hydrogen) atoms. The Bertz CT molecular complexity index is 587. The number of nitrogens with one attached hydrogen (secondary N) is 2. The molecular weight excluding hydrogens is 286 g/mol. The third-order valence-corrected chi connectivity index (χ3v) is 4.68. The number of sulfonamides is 1. The summed E-state index contributed by atoms with van der Waals surface area (Å²) in [6.07, 6.45) is 5.98. The molecule has 5 nitrogen and oxygen atoms in total. The quantitative estimate of drug-likeness (QED) is 0.779. The molecule has 0 heterocycles. The SMILES string of the molecule is Cc1cc(NC2CCCCC2CN)ccc1NS(C)(=O)=O. The van der Waals surface area contributed by atoms with Crippen molar-refractivity contribution < 1.29 is 8.42 Å². The Morgan fingerprint density at radius 3 is 2.62 bits per heavy atom. The van der Waals surface area contributed by atoms with E-state index in [4.69, 9.17) is 5.73 Å². The number of benzene rings is 1. The van der Waals surface area contributed by atoms with Gasteiger partial charge in [-0.1, -0.05) is 12.8 Å². The lowest BCUT2D eigenvalue weighted by Gasteiger charge is -2.32. The van der Waals surface area contributed by atoms with Gasteiger partial charge < -0.3 is 11.1 Å². The molecule has 2 atom stereocenters. The van der Waals surface area contributed by atoms with E-state index in [1.54, 1.807) is 6.07 Å². The minimum absolute atomic E-state index is 0.414. The van der Waals surface area contributed by atoms with Crippen LogP contribution in [0.1, 0.15) is 31.2 Å². The molecule has 2 unspecified atom stereocenters. The maximum atomic E-state index is 11.3. The van der Waals surface area contributed by atoms with Crippen LogP contribution in [0.2, 0.25) is 0 Å². The zero-order valence-corrected chi connectivity index (χ0v) is 13.5. The number of nitrogens with two attached hydrogens (primary N) is 1. The Labute approximate surface area is 127 Å². The number of anilines is 2. The van der Waals surface area contributed by atoms with E-state index in [1.165, 1.54) is 19.3 Å². The molecule has 1 aliphatic rings. The highest BCUT2D eigenvalue weighted by Gasteiger charge is 2.23. The van der Waals surface area contributed by atoms with Gasteiger partial charge in [-0.05, 0) is 56.0 Å². The molecule has 2 rings (SSSR count). The van der Waals surface area contributed by atoms with E-state index in [0.29, 0.717) is 24.2 Å². The zero-order valence-electron chi connectivity index (χ0n) is 12.7. The Hall–Kier alpha value is -1.27. The van der Waals surface area contributed by atoms with Crippen molar-refractivity contribution in [3.63, 3.8) is 0 Å². The molecule has 0 amide bonds. The number of hydrogen-bond donors (Lipinski definition) is 3. The standard InChI is InChI=1S/C15H25N3O2S/c1-11-9-13(7-8-14(11)18-21(2,19)20)17-15-6-4-3-5-12(15)10-16/h7-9,12,15,17-18H,3-6,10,16H2,1-2H3. The molecule has 0 radical (unpaired) electrons. The molecule has 1 saturated carbocycles. The molecule has 0 aromatic heterocycles. The number of rotatable bonds is 5. The molecule has 1 aliphatic carbocycles. The van der Waals surface area contributed by atoms with E-state index in [1.807, 2.05) is 19.1 Å². The van der Waals surface area contributed by atoms with Crippen LogP contribution in [0.25, 0.3) is 0 Å². The van der Waals surface area contributed by atoms with Crippen LogP contribution in [0.4, 0.5) is 11.4 Å². The summed E-state index contributed by atoms with van der Waals surface area (Å²) in [5.41, 5.74) is 8.41. The maximum Gasteiger partial charge on any atom is 0.229 e. The van der Waals surface area contributed by atoms with E-state index in [-0.39, 0.29) is 0 Å². The van der Waals surface area contributed by atoms with E-state index in [9.17, 15) is 8.42 Å². The smallest absolute Gasteiger partial charge is 0.229 e. The molecule has 6 heteroatoms. The fraction of sp³-hybridized carbons (Fsp3) is 0.600. The van der Waals surface area contributed by atoms with Crippen LogP contribution in [-0.4, -0.2) is 27.3 Å². The molecule has 0 aliphatic heterocycles. The highest BCUT2D eigenvalue weighted by Crippen LogP contribution is 2.28. The van der Waals surface area contributed by atoms with Crippen molar-refractivity contribution in [2.24, 2.45) is 11.7 Å². The van der Waals surface area contributed by atoms with Crippen LogP contribution in [0, 0.1) is 12.8 Å². The Kier molecular flexibility index (Phi) is 5.11. The lowest BCUT2D eigenvalue weighted by molar-refractivity contribution is 0.332. The van der Waals surface area contributed by atoms with Crippen LogP contribution in [-0.2, 0) is 10.0 Å². The predicted molar refractivity (Wildman–Crippen MR) is 88.1 cm³/mol. The van der Waals surface area contributed by atoms with Gasteiger partial charge in [0.2, 0.25) is 10.0 Å². The molecule has 1 aromatic carbocycles. The molecule has 0 saturated heterocycles. The van der Waals surface area contributed by atoms with Gasteiger partial charge in [0, 0.05) is 11.7 Å². The van der Waals surface area contributed by atoms with E-state index in [2.05, 4.69) is 10.0 Å². The van der Waals surface area contributed by atoms with Gasteiger partial charge in [-0.3, -0.25) is 4.72 Å². The van der Waals surface area contributed by atoms with E-state index in [0.717, 1.165) is 23.9 Å². The van der Waals surface area contributed by atoms with Crippen LogP contribution in [0.15, 0.2) is 18.2 Å². The lowest BCUT2D eigenvalue weighted by Crippen LogP contribution is -2.36. The third-order valence-electron chi connectivity index (χ3n) is 4.09. The molecule has 4 N–H and O–H groups in total. The monoisotopic (exact) mass is 311 g/mol. The molecule has 0 spiro atoms. The maximum absolute atomic E-state index is 11.3. The van der Waals surface area contributed by atoms with Gasteiger partial charge in [-0.15, -0.1) is 0 Å². The highest BCUT2D eigenvalue weighted by atomic mass is 32.2. The van der Waals surface area contributed by atoms with E-state index >= 15 is 0 Å². The second-order valence-electron chi connectivity index (χ2n) is 5.93. The van der Waals surface area contributed by atoms with Gasteiger partial charge in [0.25, 0.3) is 0 Å². The van der Waals surface area contributed by atoms with Crippen molar-refractivity contribution >= 4 is 21.4 Å². The largest absolute Gasteiger partial charge is 0.382 e. The third kappa shape index (κ3) is 4.61. The van der Waals surface area contributed by atoms with Crippen LogP contribution in [0.3, 0.4) is 0 Å². The van der Waals surface area contributed by atoms with Crippen molar-refractivity contribution in [2.45, 2.75) is 38.6 Å². The average molecular weight is 311 g/mol. The van der Waals surface area contributed by atoms with Crippen LogP contribution >= 0.6 is 0 Å². The predicted octanol–water partition coefficient (Wildman–Crippen LogP) is 2.30. The van der Waals surface area contributed by atoms with Gasteiger partial charge in [-0.2, -0.15) is 0 Å². The van der Waals surface area contributed by atoms with Crippen LogP contribution < -0.4 is 15.8 Å². The topological polar surface area (TPSA) is 84.2 Å². The van der Waals surface area contributed by atoms with Gasteiger partial charge in [0.1, 0.15) is 0 Å². The van der Waals surface area contributed by atoms with Crippen molar-refractivity contribution in [1.82, 2.24) is 0 Å².